The first-order valence-corrected chi connectivity index (χ1v) is 8.39. The van der Waals surface area contributed by atoms with E-state index in [0.717, 1.165) is 0 Å². The number of pyridine rings is 1. The quantitative estimate of drug-likeness (QED) is 0.834. The van der Waals surface area contributed by atoms with Gasteiger partial charge in [0, 0.05) is 43.1 Å². The van der Waals surface area contributed by atoms with Gasteiger partial charge in [0.05, 0.1) is 0 Å². The lowest BCUT2D eigenvalue weighted by molar-refractivity contribution is -0.114. The summed E-state index contributed by atoms with van der Waals surface area (Å²) < 4.78 is 0. The Morgan fingerprint density at radius 3 is 2.08 bits per heavy atom. The molecule has 2 rings (SSSR count). The number of carbonyl (C=O) groups is 3. The lowest BCUT2D eigenvalue weighted by Gasteiger charge is -2.18. The predicted molar refractivity (Wildman–Crippen MR) is 100 cm³/mol. The second-order valence-electron chi connectivity index (χ2n) is 5.62. The van der Waals surface area contributed by atoms with E-state index in [1.807, 2.05) is 13.8 Å². The van der Waals surface area contributed by atoms with Crippen molar-refractivity contribution in [2.45, 2.75) is 20.8 Å². The van der Waals surface area contributed by atoms with Gasteiger partial charge in [-0.2, -0.15) is 0 Å². The topological polar surface area (TPSA) is 91.4 Å². The smallest absolute Gasteiger partial charge is 0.272 e. The molecule has 7 nitrogen and oxygen atoms in total. The molecule has 0 spiro atoms. The molecule has 136 valence electrons. The summed E-state index contributed by atoms with van der Waals surface area (Å²) in [6.07, 6.45) is 1.45. The Morgan fingerprint density at radius 2 is 1.54 bits per heavy atom. The first-order valence-electron chi connectivity index (χ1n) is 8.39. The SMILES string of the molecule is CCN(CC)C(=O)c1cc(C(=O)Nc2ccc(NC(C)=O)cc2)ccn1. The fraction of sp³-hybridized carbons (Fsp3) is 0.263. The van der Waals surface area contributed by atoms with E-state index >= 15 is 0 Å². The Hall–Kier alpha value is -3.22. The van der Waals surface area contributed by atoms with Crippen molar-refractivity contribution < 1.29 is 14.4 Å². The summed E-state index contributed by atoms with van der Waals surface area (Å²) in [5.41, 5.74) is 1.81. The van der Waals surface area contributed by atoms with Gasteiger partial charge >= 0.3 is 0 Å². The number of anilines is 2. The van der Waals surface area contributed by atoms with Gasteiger partial charge < -0.3 is 15.5 Å². The first kappa shape index (κ1) is 19.1. The van der Waals surface area contributed by atoms with Crippen LogP contribution < -0.4 is 10.6 Å². The molecule has 2 aromatic rings. The van der Waals surface area contributed by atoms with Gasteiger partial charge in [-0.15, -0.1) is 0 Å². The van der Waals surface area contributed by atoms with Crippen molar-refractivity contribution in [3.05, 3.63) is 53.9 Å². The van der Waals surface area contributed by atoms with Crippen LogP contribution in [0.15, 0.2) is 42.6 Å². The molecular formula is C19H22N4O3. The van der Waals surface area contributed by atoms with Crippen LogP contribution in [0.25, 0.3) is 0 Å². The number of benzene rings is 1. The molecule has 0 saturated heterocycles. The number of aromatic nitrogens is 1. The van der Waals surface area contributed by atoms with Crippen LogP contribution in [0.2, 0.25) is 0 Å². The standard InChI is InChI=1S/C19H22N4O3/c1-4-23(5-2)19(26)17-12-14(10-11-20-17)18(25)22-16-8-6-15(7-9-16)21-13(3)24/h6-12H,4-5H2,1-3H3,(H,21,24)(H,22,25). The van der Waals surface area contributed by atoms with Crippen molar-refractivity contribution in [3.63, 3.8) is 0 Å². The van der Waals surface area contributed by atoms with Crippen LogP contribution in [0.1, 0.15) is 41.6 Å². The molecule has 1 heterocycles. The molecule has 2 N–H and O–H groups in total. The van der Waals surface area contributed by atoms with E-state index in [-0.39, 0.29) is 23.4 Å². The van der Waals surface area contributed by atoms with E-state index in [2.05, 4.69) is 15.6 Å². The molecule has 0 radical (unpaired) electrons. The van der Waals surface area contributed by atoms with E-state index < -0.39 is 0 Å². The average molecular weight is 354 g/mol. The maximum atomic E-state index is 12.4. The maximum absolute atomic E-state index is 12.4. The number of nitrogens with zero attached hydrogens (tertiary/aromatic N) is 2. The van der Waals surface area contributed by atoms with Crippen LogP contribution in [0.5, 0.6) is 0 Å². The fourth-order valence-corrected chi connectivity index (χ4v) is 2.40. The Balaban J connectivity index is 2.11. The van der Waals surface area contributed by atoms with Crippen molar-refractivity contribution in [3.8, 4) is 0 Å². The van der Waals surface area contributed by atoms with Crippen LogP contribution in [0.4, 0.5) is 11.4 Å². The summed E-state index contributed by atoms with van der Waals surface area (Å²) in [5.74, 6) is -0.707. The molecule has 0 aliphatic carbocycles. The second kappa shape index (κ2) is 8.75. The van der Waals surface area contributed by atoms with E-state index in [9.17, 15) is 14.4 Å². The van der Waals surface area contributed by atoms with Gasteiger partial charge in [-0.05, 0) is 50.2 Å². The van der Waals surface area contributed by atoms with Crippen molar-refractivity contribution in [2.24, 2.45) is 0 Å². The van der Waals surface area contributed by atoms with Crippen molar-refractivity contribution in [1.82, 2.24) is 9.88 Å². The number of rotatable bonds is 6. The minimum absolute atomic E-state index is 0.163. The predicted octanol–water partition coefficient (Wildman–Crippen LogP) is 2.77. The third kappa shape index (κ3) is 4.89. The normalized spacial score (nSPS) is 10.1. The van der Waals surface area contributed by atoms with Gasteiger partial charge in [-0.1, -0.05) is 0 Å². The van der Waals surface area contributed by atoms with E-state index in [1.165, 1.54) is 19.2 Å². The number of carbonyl (C=O) groups excluding carboxylic acids is 3. The molecule has 0 unspecified atom stereocenters. The highest BCUT2D eigenvalue weighted by atomic mass is 16.2. The first-order chi connectivity index (χ1) is 12.4. The highest BCUT2D eigenvalue weighted by Gasteiger charge is 2.16. The molecule has 0 aliphatic heterocycles. The Kier molecular flexibility index (Phi) is 6.43. The van der Waals surface area contributed by atoms with Gasteiger partial charge in [0.15, 0.2) is 0 Å². The molecule has 0 bridgehead atoms. The second-order valence-corrected chi connectivity index (χ2v) is 5.62. The van der Waals surface area contributed by atoms with Crippen LogP contribution in [0.3, 0.4) is 0 Å². The Labute approximate surface area is 152 Å². The molecule has 1 aromatic heterocycles. The van der Waals surface area contributed by atoms with Gasteiger partial charge in [0.25, 0.3) is 11.8 Å². The molecule has 7 heteroatoms. The monoisotopic (exact) mass is 354 g/mol. The van der Waals surface area contributed by atoms with Crippen molar-refractivity contribution >= 4 is 29.1 Å². The van der Waals surface area contributed by atoms with Crippen LogP contribution >= 0.6 is 0 Å². The summed E-state index contributed by atoms with van der Waals surface area (Å²) in [4.78, 5) is 41.5. The number of amides is 3. The molecule has 0 saturated carbocycles. The highest BCUT2D eigenvalue weighted by Crippen LogP contribution is 2.15. The van der Waals surface area contributed by atoms with Gasteiger partial charge in [-0.3, -0.25) is 19.4 Å². The minimum Gasteiger partial charge on any atom is -0.338 e. The summed E-state index contributed by atoms with van der Waals surface area (Å²) in [6, 6.07) is 9.80. The zero-order valence-corrected chi connectivity index (χ0v) is 15.1. The third-order valence-corrected chi connectivity index (χ3v) is 3.76. The maximum Gasteiger partial charge on any atom is 0.272 e. The van der Waals surface area contributed by atoms with Crippen LogP contribution in [0, 0.1) is 0 Å². The molecule has 3 amide bonds. The zero-order valence-electron chi connectivity index (χ0n) is 15.1. The van der Waals surface area contributed by atoms with Crippen molar-refractivity contribution in [2.75, 3.05) is 23.7 Å². The highest BCUT2D eigenvalue weighted by molar-refractivity contribution is 6.05. The molecule has 0 fully saturated rings. The summed E-state index contributed by atoms with van der Waals surface area (Å²) in [6.45, 7) is 6.36. The lowest BCUT2D eigenvalue weighted by Crippen LogP contribution is -2.31. The number of nitrogens with one attached hydrogen (secondary N) is 2. The molecule has 0 aliphatic rings. The fourth-order valence-electron chi connectivity index (χ4n) is 2.40. The largest absolute Gasteiger partial charge is 0.338 e. The lowest BCUT2D eigenvalue weighted by atomic mass is 10.2. The van der Waals surface area contributed by atoms with E-state index in [4.69, 9.17) is 0 Å². The Bertz CT molecular complexity index is 799. The molecular weight excluding hydrogens is 332 g/mol. The minimum atomic E-state index is -0.340. The van der Waals surface area contributed by atoms with Crippen LogP contribution in [-0.4, -0.2) is 40.7 Å². The van der Waals surface area contributed by atoms with Gasteiger partial charge in [0.1, 0.15) is 5.69 Å². The summed E-state index contributed by atoms with van der Waals surface area (Å²) >= 11 is 0. The Morgan fingerprint density at radius 1 is 0.962 bits per heavy atom. The third-order valence-electron chi connectivity index (χ3n) is 3.76. The summed E-state index contributed by atoms with van der Waals surface area (Å²) in [7, 11) is 0. The van der Waals surface area contributed by atoms with Crippen molar-refractivity contribution in [1.29, 1.82) is 0 Å². The van der Waals surface area contributed by atoms with Gasteiger partial charge in [0.2, 0.25) is 5.91 Å². The molecule has 1 aromatic carbocycles. The van der Waals surface area contributed by atoms with Gasteiger partial charge in [-0.25, -0.2) is 0 Å². The van der Waals surface area contributed by atoms with Crippen LogP contribution in [-0.2, 0) is 4.79 Å². The molecule has 0 atom stereocenters. The zero-order chi connectivity index (χ0) is 19.1. The number of hydrogen-bond donors (Lipinski definition) is 2. The van der Waals surface area contributed by atoms with E-state index in [0.29, 0.717) is 30.0 Å². The molecule has 26 heavy (non-hydrogen) atoms. The number of hydrogen-bond acceptors (Lipinski definition) is 4. The summed E-state index contributed by atoms with van der Waals surface area (Å²) in [5, 5.41) is 5.41. The van der Waals surface area contributed by atoms with E-state index in [1.54, 1.807) is 35.2 Å². The average Bonchev–Trinajstić information content (AvgIpc) is 2.64.